The third-order valence-electron chi connectivity index (χ3n) is 3.84. The number of benzene rings is 2. The van der Waals surface area contributed by atoms with Crippen LogP contribution in [0.2, 0.25) is 0 Å². The van der Waals surface area contributed by atoms with Crippen LogP contribution in [0.1, 0.15) is 30.9 Å². The summed E-state index contributed by atoms with van der Waals surface area (Å²) in [5, 5.41) is 2.83. The lowest BCUT2D eigenvalue weighted by molar-refractivity contribution is -0.123. The highest BCUT2D eigenvalue weighted by Gasteiger charge is 2.13. The number of fused-ring (bicyclic) bond motifs is 1. The van der Waals surface area contributed by atoms with E-state index in [2.05, 4.69) is 19.2 Å². The summed E-state index contributed by atoms with van der Waals surface area (Å²) in [6.07, 6.45) is 0. The molecule has 1 aliphatic heterocycles. The Kier molecular flexibility index (Phi) is 4.89. The number of ether oxygens (including phenoxy) is 3. The Balaban J connectivity index is 1.45. The van der Waals surface area contributed by atoms with E-state index in [1.807, 2.05) is 42.5 Å². The molecule has 0 atom stereocenters. The van der Waals surface area contributed by atoms with E-state index in [-0.39, 0.29) is 19.3 Å². The van der Waals surface area contributed by atoms with Gasteiger partial charge in [-0.05, 0) is 41.3 Å². The topological polar surface area (TPSA) is 56.8 Å². The minimum Gasteiger partial charge on any atom is -0.484 e. The second-order valence-corrected chi connectivity index (χ2v) is 5.98. The number of hydrogen-bond acceptors (Lipinski definition) is 4. The fourth-order valence-corrected chi connectivity index (χ4v) is 2.40. The van der Waals surface area contributed by atoms with E-state index in [1.165, 1.54) is 5.56 Å². The van der Waals surface area contributed by atoms with Crippen LogP contribution in [-0.4, -0.2) is 19.3 Å². The molecule has 0 bridgehead atoms. The van der Waals surface area contributed by atoms with Crippen molar-refractivity contribution in [2.75, 3.05) is 13.4 Å². The van der Waals surface area contributed by atoms with E-state index in [1.54, 1.807) is 0 Å². The molecule has 1 amide bonds. The van der Waals surface area contributed by atoms with Gasteiger partial charge in [-0.1, -0.05) is 32.0 Å². The molecule has 2 aromatic carbocycles. The van der Waals surface area contributed by atoms with Crippen LogP contribution in [0.5, 0.6) is 17.2 Å². The number of rotatable bonds is 6. The molecule has 1 heterocycles. The van der Waals surface area contributed by atoms with Crippen LogP contribution in [0.15, 0.2) is 42.5 Å². The first-order valence-electron chi connectivity index (χ1n) is 8.00. The molecular formula is C19H21NO4. The molecule has 2 aromatic rings. The summed E-state index contributed by atoms with van der Waals surface area (Å²) in [5.41, 5.74) is 2.20. The fourth-order valence-electron chi connectivity index (χ4n) is 2.40. The first-order valence-corrected chi connectivity index (χ1v) is 8.00. The Morgan fingerprint density at radius 1 is 1.12 bits per heavy atom. The van der Waals surface area contributed by atoms with Crippen molar-refractivity contribution in [3.63, 3.8) is 0 Å². The first-order chi connectivity index (χ1) is 11.6. The van der Waals surface area contributed by atoms with E-state index in [4.69, 9.17) is 14.2 Å². The normalized spacial score (nSPS) is 12.3. The maximum atomic E-state index is 11.9. The Bertz CT molecular complexity index is 710. The zero-order chi connectivity index (χ0) is 16.9. The van der Waals surface area contributed by atoms with Crippen molar-refractivity contribution in [1.29, 1.82) is 0 Å². The van der Waals surface area contributed by atoms with Gasteiger partial charge < -0.3 is 19.5 Å². The van der Waals surface area contributed by atoms with Gasteiger partial charge in [0.2, 0.25) is 6.79 Å². The largest absolute Gasteiger partial charge is 0.484 e. The number of carbonyl (C=O) groups is 1. The minimum absolute atomic E-state index is 0.00836. The lowest BCUT2D eigenvalue weighted by Gasteiger charge is -2.09. The van der Waals surface area contributed by atoms with Crippen LogP contribution in [0.3, 0.4) is 0 Å². The summed E-state index contributed by atoms with van der Waals surface area (Å²) in [4.78, 5) is 11.9. The van der Waals surface area contributed by atoms with Gasteiger partial charge >= 0.3 is 0 Å². The summed E-state index contributed by atoms with van der Waals surface area (Å²) in [7, 11) is 0. The van der Waals surface area contributed by atoms with Gasteiger partial charge in [0, 0.05) is 6.54 Å². The van der Waals surface area contributed by atoms with Crippen molar-refractivity contribution in [2.24, 2.45) is 0 Å². The molecule has 1 aliphatic rings. The van der Waals surface area contributed by atoms with E-state index >= 15 is 0 Å². The molecule has 0 spiro atoms. The van der Waals surface area contributed by atoms with Crippen LogP contribution in [-0.2, 0) is 11.3 Å². The Hall–Kier alpha value is -2.69. The van der Waals surface area contributed by atoms with E-state index in [9.17, 15) is 4.79 Å². The third-order valence-corrected chi connectivity index (χ3v) is 3.84. The summed E-state index contributed by atoms with van der Waals surface area (Å²) in [6, 6.07) is 13.4. The van der Waals surface area contributed by atoms with Gasteiger partial charge in [-0.2, -0.15) is 0 Å². The zero-order valence-electron chi connectivity index (χ0n) is 13.9. The van der Waals surface area contributed by atoms with Crippen LogP contribution in [0.4, 0.5) is 0 Å². The lowest BCUT2D eigenvalue weighted by atomic mass is 10.0. The summed E-state index contributed by atoms with van der Waals surface area (Å²) < 4.78 is 16.1. The van der Waals surface area contributed by atoms with Gasteiger partial charge in [-0.3, -0.25) is 4.79 Å². The molecule has 1 N–H and O–H groups in total. The van der Waals surface area contributed by atoms with Gasteiger partial charge in [0.05, 0.1) is 0 Å². The summed E-state index contributed by atoms with van der Waals surface area (Å²) >= 11 is 0. The molecule has 5 heteroatoms. The standard InChI is InChI=1S/C19H21NO4/c1-13(2)15-4-6-16(7-5-15)22-11-19(21)20-10-14-3-8-17-18(9-14)24-12-23-17/h3-9,13H,10-12H2,1-2H3,(H,20,21). The SMILES string of the molecule is CC(C)c1ccc(OCC(=O)NCc2ccc3c(c2)OCO3)cc1. The molecule has 3 rings (SSSR count). The highest BCUT2D eigenvalue weighted by molar-refractivity contribution is 5.77. The molecular weight excluding hydrogens is 306 g/mol. The number of nitrogens with one attached hydrogen (secondary N) is 1. The van der Waals surface area contributed by atoms with Crippen LogP contribution in [0, 0.1) is 0 Å². The Labute approximate surface area is 141 Å². The van der Waals surface area contributed by atoms with Crippen molar-refractivity contribution in [3.05, 3.63) is 53.6 Å². The zero-order valence-corrected chi connectivity index (χ0v) is 13.9. The predicted molar refractivity (Wildman–Crippen MR) is 90.4 cm³/mol. The summed E-state index contributed by atoms with van der Waals surface area (Å²) in [6.45, 7) is 4.93. The van der Waals surface area contributed by atoms with Crippen molar-refractivity contribution >= 4 is 5.91 Å². The highest BCUT2D eigenvalue weighted by Crippen LogP contribution is 2.32. The number of amides is 1. The second kappa shape index (κ2) is 7.25. The maximum Gasteiger partial charge on any atom is 0.258 e. The van der Waals surface area contributed by atoms with Crippen molar-refractivity contribution < 1.29 is 19.0 Å². The van der Waals surface area contributed by atoms with Crippen molar-refractivity contribution in [2.45, 2.75) is 26.3 Å². The highest BCUT2D eigenvalue weighted by atomic mass is 16.7. The average Bonchev–Trinajstić information content (AvgIpc) is 3.06. The smallest absolute Gasteiger partial charge is 0.258 e. The van der Waals surface area contributed by atoms with E-state index in [0.29, 0.717) is 24.0 Å². The lowest BCUT2D eigenvalue weighted by Crippen LogP contribution is -2.28. The van der Waals surface area contributed by atoms with Gasteiger partial charge in [0.1, 0.15) is 5.75 Å². The van der Waals surface area contributed by atoms with Crippen molar-refractivity contribution in [1.82, 2.24) is 5.32 Å². The van der Waals surface area contributed by atoms with Gasteiger partial charge in [-0.25, -0.2) is 0 Å². The molecule has 126 valence electrons. The first kappa shape index (κ1) is 16.2. The quantitative estimate of drug-likeness (QED) is 0.885. The molecule has 0 fully saturated rings. The van der Waals surface area contributed by atoms with E-state index < -0.39 is 0 Å². The predicted octanol–water partition coefficient (Wildman–Crippen LogP) is 3.23. The van der Waals surface area contributed by atoms with Gasteiger partial charge in [0.15, 0.2) is 18.1 Å². The fraction of sp³-hybridized carbons (Fsp3) is 0.316. The monoisotopic (exact) mass is 327 g/mol. The van der Waals surface area contributed by atoms with Crippen LogP contribution in [0.25, 0.3) is 0 Å². The van der Waals surface area contributed by atoms with Crippen LogP contribution < -0.4 is 19.5 Å². The molecule has 0 aromatic heterocycles. The molecule has 0 saturated carbocycles. The minimum atomic E-state index is -0.166. The molecule has 5 nitrogen and oxygen atoms in total. The molecule has 0 saturated heterocycles. The second-order valence-electron chi connectivity index (χ2n) is 5.98. The van der Waals surface area contributed by atoms with Gasteiger partial charge in [-0.15, -0.1) is 0 Å². The summed E-state index contributed by atoms with van der Waals surface area (Å²) in [5.74, 6) is 2.45. The number of hydrogen-bond donors (Lipinski definition) is 1. The Morgan fingerprint density at radius 3 is 2.62 bits per heavy atom. The number of carbonyl (C=O) groups excluding carboxylic acids is 1. The maximum absolute atomic E-state index is 11.9. The molecule has 0 radical (unpaired) electrons. The van der Waals surface area contributed by atoms with Crippen molar-refractivity contribution in [3.8, 4) is 17.2 Å². The van der Waals surface area contributed by atoms with E-state index in [0.717, 1.165) is 11.3 Å². The van der Waals surface area contributed by atoms with Crippen LogP contribution >= 0.6 is 0 Å². The third kappa shape index (κ3) is 3.98. The molecule has 0 unspecified atom stereocenters. The average molecular weight is 327 g/mol. The van der Waals surface area contributed by atoms with Gasteiger partial charge in [0.25, 0.3) is 5.91 Å². The molecule has 0 aliphatic carbocycles. The Morgan fingerprint density at radius 2 is 1.88 bits per heavy atom. The molecule has 24 heavy (non-hydrogen) atoms.